The predicted molar refractivity (Wildman–Crippen MR) is 146 cm³/mol. The average molecular weight is 545 g/mol. The number of aromatic nitrogens is 2. The zero-order valence-electron chi connectivity index (χ0n) is 20.8. The van der Waals surface area contributed by atoms with Crippen LogP contribution in [-0.2, 0) is 27.7 Å². The van der Waals surface area contributed by atoms with E-state index in [-0.39, 0.29) is 5.75 Å². The molecule has 0 unspecified atom stereocenters. The number of nitrogens with two attached hydrogens (primary N) is 1. The molecule has 12 heteroatoms. The number of phenolic OH excluding ortho intramolecular Hbond substituents is 1. The van der Waals surface area contributed by atoms with Gasteiger partial charge in [-0.15, -0.1) is 11.3 Å². The van der Waals surface area contributed by atoms with Crippen molar-refractivity contribution >= 4 is 37.4 Å². The van der Waals surface area contributed by atoms with Crippen LogP contribution in [0.25, 0.3) is 21.6 Å². The number of hydrogen-bond donors (Lipinski definition) is 2. The quantitative estimate of drug-likeness (QED) is 0.459. The Labute approximate surface area is 221 Å². The smallest absolute Gasteiger partial charge is 0.211 e. The van der Waals surface area contributed by atoms with Crippen LogP contribution in [0.1, 0.15) is 10.4 Å². The van der Waals surface area contributed by atoms with E-state index in [0.29, 0.717) is 51.6 Å². The Morgan fingerprint density at radius 2 is 1.84 bits per heavy atom. The number of piperazine rings is 1. The molecule has 2 fully saturated rings. The first kappa shape index (κ1) is 25.9. The van der Waals surface area contributed by atoms with Gasteiger partial charge in [0.25, 0.3) is 0 Å². The number of sulfonamides is 1. The molecule has 3 N–H and O–H groups in total. The maximum absolute atomic E-state index is 11.9. The summed E-state index contributed by atoms with van der Waals surface area (Å²) < 4.78 is 31.8. The summed E-state index contributed by atoms with van der Waals surface area (Å²) in [5.74, 6) is 1.61. The molecule has 4 heterocycles. The summed E-state index contributed by atoms with van der Waals surface area (Å²) in [4.78, 5) is 15.6. The van der Waals surface area contributed by atoms with Gasteiger partial charge in [0, 0.05) is 56.3 Å². The number of anilines is 1. The van der Waals surface area contributed by atoms with Gasteiger partial charge in [0.2, 0.25) is 10.0 Å². The van der Waals surface area contributed by atoms with Crippen molar-refractivity contribution in [3.8, 4) is 17.1 Å². The zero-order chi connectivity index (χ0) is 26.0. The molecule has 10 nitrogen and oxygen atoms in total. The van der Waals surface area contributed by atoms with Crippen LogP contribution >= 0.6 is 11.3 Å². The minimum atomic E-state index is -3.16. The standard InChI is InChI=1S/C25H32N6O4S2/c1-37(33,34)31-7-5-29(6-8-31)17-21-16-22-23(36-21)25(30-9-11-35-12-10-30)28-24(27-22)19-13-18(3-2-4-26)14-20(32)15-19/h2,4,13-16,32H,3,5-12,17,26H2,1H3. The topological polar surface area (TPSA) is 125 Å². The fourth-order valence-electron chi connectivity index (χ4n) is 4.73. The van der Waals surface area contributed by atoms with Gasteiger partial charge in [-0.05, 0) is 42.4 Å². The van der Waals surface area contributed by atoms with Crippen molar-refractivity contribution in [2.45, 2.75) is 13.0 Å². The molecule has 5 rings (SSSR count). The summed E-state index contributed by atoms with van der Waals surface area (Å²) in [6.07, 6.45) is 5.20. The molecule has 2 aliphatic heterocycles. The molecule has 0 atom stereocenters. The largest absolute Gasteiger partial charge is 0.508 e. The van der Waals surface area contributed by atoms with Crippen LogP contribution in [0.3, 0.4) is 0 Å². The number of benzene rings is 1. The summed E-state index contributed by atoms with van der Waals surface area (Å²) in [6.45, 7) is 5.92. The van der Waals surface area contributed by atoms with E-state index >= 15 is 0 Å². The van der Waals surface area contributed by atoms with Gasteiger partial charge in [-0.3, -0.25) is 4.90 Å². The van der Waals surface area contributed by atoms with Gasteiger partial charge in [-0.25, -0.2) is 18.4 Å². The van der Waals surface area contributed by atoms with Gasteiger partial charge >= 0.3 is 0 Å². The number of thiophene rings is 1. The zero-order valence-corrected chi connectivity index (χ0v) is 22.5. The van der Waals surface area contributed by atoms with Crippen LogP contribution in [0, 0.1) is 0 Å². The second-order valence-corrected chi connectivity index (χ2v) is 12.5. The molecular weight excluding hydrogens is 512 g/mol. The Balaban J connectivity index is 1.48. The highest BCUT2D eigenvalue weighted by molar-refractivity contribution is 7.88. The van der Waals surface area contributed by atoms with Gasteiger partial charge in [0.15, 0.2) is 11.6 Å². The molecule has 0 saturated carbocycles. The van der Waals surface area contributed by atoms with E-state index in [1.807, 2.05) is 12.1 Å². The molecule has 3 aromatic rings. The molecule has 1 aromatic carbocycles. The van der Waals surface area contributed by atoms with Crippen molar-refractivity contribution < 1.29 is 18.3 Å². The first-order valence-corrected chi connectivity index (χ1v) is 15.0. The predicted octanol–water partition coefficient (Wildman–Crippen LogP) is 1.99. The van der Waals surface area contributed by atoms with Crippen LogP contribution in [0.2, 0.25) is 0 Å². The number of phenols is 1. The lowest BCUT2D eigenvalue weighted by molar-refractivity contribution is 0.122. The van der Waals surface area contributed by atoms with E-state index in [1.165, 1.54) is 16.8 Å². The molecular formula is C25H32N6O4S2. The maximum atomic E-state index is 11.9. The molecule has 0 amide bonds. The number of ether oxygens (including phenoxy) is 1. The lowest BCUT2D eigenvalue weighted by Crippen LogP contribution is -2.47. The number of nitrogens with zero attached hydrogens (tertiary/aromatic N) is 5. The molecule has 2 aromatic heterocycles. The Morgan fingerprint density at radius 3 is 2.54 bits per heavy atom. The molecule has 0 radical (unpaired) electrons. The van der Waals surface area contributed by atoms with Crippen molar-refractivity contribution in [1.29, 1.82) is 0 Å². The highest BCUT2D eigenvalue weighted by atomic mass is 32.2. The second kappa shape index (κ2) is 10.9. The normalized spacial score (nSPS) is 18.2. The van der Waals surface area contributed by atoms with Gasteiger partial charge in [-0.2, -0.15) is 4.31 Å². The van der Waals surface area contributed by atoms with Crippen molar-refractivity contribution in [2.75, 3.05) is 63.6 Å². The summed E-state index contributed by atoms with van der Waals surface area (Å²) in [5, 5.41) is 10.4. The number of allylic oxidation sites excluding steroid dienone is 1. The van der Waals surface area contributed by atoms with Crippen LogP contribution in [-0.4, -0.2) is 91.4 Å². The Morgan fingerprint density at radius 1 is 1.08 bits per heavy atom. The minimum absolute atomic E-state index is 0.161. The van der Waals surface area contributed by atoms with Crippen LogP contribution in [0.4, 0.5) is 5.82 Å². The van der Waals surface area contributed by atoms with Gasteiger partial charge in [-0.1, -0.05) is 6.08 Å². The summed E-state index contributed by atoms with van der Waals surface area (Å²) in [5.41, 5.74) is 8.05. The van der Waals surface area contributed by atoms with Crippen molar-refractivity contribution in [3.05, 3.63) is 47.0 Å². The molecule has 198 valence electrons. The van der Waals surface area contributed by atoms with Crippen molar-refractivity contribution in [1.82, 2.24) is 19.2 Å². The first-order valence-electron chi connectivity index (χ1n) is 12.3. The van der Waals surface area contributed by atoms with Crippen LogP contribution in [0.15, 0.2) is 36.5 Å². The Kier molecular flexibility index (Phi) is 7.63. The highest BCUT2D eigenvalue weighted by Crippen LogP contribution is 2.36. The fourth-order valence-corrected chi connectivity index (χ4v) is 6.71. The molecule has 2 aliphatic rings. The van der Waals surface area contributed by atoms with E-state index in [4.69, 9.17) is 20.4 Å². The van der Waals surface area contributed by atoms with Gasteiger partial charge < -0.3 is 20.5 Å². The lowest BCUT2D eigenvalue weighted by Gasteiger charge is -2.32. The number of rotatable bonds is 7. The molecule has 0 bridgehead atoms. The number of morpholine rings is 1. The molecule has 0 spiro atoms. The molecule has 2 saturated heterocycles. The average Bonchev–Trinajstić information content (AvgIpc) is 3.29. The summed E-state index contributed by atoms with van der Waals surface area (Å²) in [6, 6.07) is 7.50. The first-order chi connectivity index (χ1) is 17.8. The van der Waals surface area contributed by atoms with E-state index in [2.05, 4.69) is 15.9 Å². The SMILES string of the molecule is CS(=O)(=O)N1CCN(Cc2cc3nc(-c4cc(O)cc(CC=CN)c4)nc(N4CCOCC4)c3s2)CC1. The monoisotopic (exact) mass is 544 g/mol. The summed E-state index contributed by atoms with van der Waals surface area (Å²) in [7, 11) is -3.16. The second-order valence-electron chi connectivity index (χ2n) is 9.36. The Hall–Kier alpha value is -2.77. The third-order valence-corrected chi connectivity index (χ3v) is 9.03. The van der Waals surface area contributed by atoms with E-state index in [9.17, 15) is 13.5 Å². The van der Waals surface area contributed by atoms with E-state index < -0.39 is 10.0 Å². The highest BCUT2D eigenvalue weighted by Gasteiger charge is 2.25. The molecule has 37 heavy (non-hydrogen) atoms. The third-order valence-electron chi connectivity index (χ3n) is 6.62. The Bertz CT molecular complexity index is 1390. The van der Waals surface area contributed by atoms with Crippen LogP contribution < -0.4 is 10.6 Å². The van der Waals surface area contributed by atoms with Gasteiger partial charge in [0.05, 0.1) is 29.7 Å². The number of aromatic hydroxyl groups is 1. The van der Waals surface area contributed by atoms with E-state index in [1.54, 1.807) is 23.5 Å². The fraction of sp³-hybridized carbons (Fsp3) is 0.440. The van der Waals surface area contributed by atoms with Crippen molar-refractivity contribution in [2.24, 2.45) is 5.73 Å². The minimum Gasteiger partial charge on any atom is -0.508 e. The van der Waals surface area contributed by atoms with E-state index in [0.717, 1.165) is 51.7 Å². The van der Waals surface area contributed by atoms with Gasteiger partial charge in [0.1, 0.15) is 5.75 Å². The lowest BCUT2D eigenvalue weighted by atomic mass is 10.1. The number of fused-ring (bicyclic) bond motifs is 1. The van der Waals surface area contributed by atoms with Crippen LogP contribution in [0.5, 0.6) is 5.75 Å². The third kappa shape index (κ3) is 6.04. The number of hydrogen-bond acceptors (Lipinski definition) is 10. The summed E-state index contributed by atoms with van der Waals surface area (Å²) >= 11 is 1.69. The maximum Gasteiger partial charge on any atom is 0.211 e. The molecule has 0 aliphatic carbocycles. The van der Waals surface area contributed by atoms with Crippen molar-refractivity contribution in [3.63, 3.8) is 0 Å².